The normalized spacial score (nSPS) is 21.7. The minimum atomic E-state index is -3.32. The molecule has 2 aliphatic rings. The van der Waals surface area contributed by atoms with Crippen molar-refractivity contribution in [2.75, 3.05) is 26.0 Å². The zero-order valence-corrected chi connectivity index (χ0v) is 17.2. The van der Waals surface area contributed by atoms with Gasteiger partial charge in [0.15, 0.2) is 0 Å². The third kappa shape index (κ3) is 5.08. The van der Waals surface area contributed by atoms with Crippen LogP contribution in [-0.2, 0) is 27.7 Å². The van der Waals surface area contributed by atoms with Gasteiger partial charge in [0.05, 0.1) is 18.0 Å². The quantitative estimate of drug-likeness (QED) is 0.656. The Bertz CT molecular complexity index is 689. The Hall–Kier alpha value is -0.920. The zero-order valence-electron chi connectivity index (χ0n) is 16.4. The summed E-state index contributed by atoms with van der Waals surface area (Å²) in [4.78, 5) is 6.71. The van der Waals surface area contributed by atoms with Crippen LogP contribution in [0.1, 0.15) is 51.6 Å². The van der Waals surface area contributed by atoms with Crippen molar-refractivity contribution < 1.29 is 13.2 Å². The second-order valence-electron chi connectivity index (χ2n) is 8.43. The van der Waals surface area contributed by atoms with Crippen LogP contribution in [0.2, 0.25) is 0 Å². The summed E-state index contributed by atoms with van der Waals surface area (Å²) in [5.41, 5.74) is 0.997. The van der Waals surface area contributed by atoms with Gasteiger partial charge in [-0.2, -0.15) is 0 Å². The number of imidazole rings is 1. The van der Waals surface area contributed by atoms with E-state index >= 15 is 0 Å². The molecule has 0 bridgehead atoms. The molecule has 6 nitrogen and oxygen atoms in total. The molecule has 7 heteroatoms. The zero-order chi connectivity index (χ0) is 18.7. The van der Waals surface area contributed by atoms with E-state index in [1.54, 1.807) is 6.20 Å². The van der Waals surface area contributed by atoms with Crippen molar-refractivity contribution >= 4 is 9.84 Å². The van der Waals surface area contributed by atoms with Crippen LogP contribution in [0.5, 0.6) is 0 Å². The van der Waals surface area contributed by atoms with Crippen molar-refractivity contribution in [3.05, 3.63) is 11.9 Å². The molecule has 1 atom stereocenters. The van der Waals surface area contributed by atoms with E-state index < -0.39 is 9.84 Å². The van der Waals surface area contributed by atoms with Gasteiger partial charge in [0.25, 0.3) is 0 Å². The van der Waals surface area contributed by atoms with Crippen molar-refractivity contribution in [2.45, 2.75) is 70.3 Å². The lowest BCUT2D eigenvalue weighted by molar-refractivity contribution is 0.0569. The third-order valence-corrected chi connectivity index (χ3v) is 6.38. The fourth-order valence-corrected chi connectivity index (χ4v) is 4.76. The molecule has 1 aromatic rings. The van der Waals surface area contributed by atoms with Gasteiger partial charge in [-0.05, 0) is 37.5 Å². The van der Waals surface area contributed by atoms with Crippen LogP contribution in [0.25, 0.3) is 0 Å². The highest BCUT2D eigenvalue weighted by molar-refractivity contribution is 7.90. The van der Waals surface area contributed by atoms with Crippen molar-refractivity contribution in [3.63, 3.8) is 0 Å². The topological polar surface area (TPSA) is 64.4 Å². The van der Waals surface area contributed by atoms with E-state index in [0.29, 0.717) is 18.6 Å². The van der Waals surface area contributed by atoms with Crippen LogP contribution >= 0.6 is 0 Å². The molecule has 1 saturated carbocycles. The lowest BCUT2D eigenvalue weighted by Gasteiger charge is -2.33. The fraction of sp³-hybridized carbons (Fsp3) is 0.842. The largest absolute Gasteiger partial charge is 0.377 e. The first-order chi connectivity index (χ1) is 12.3. The molecule has 26 heavy (non-hydrogen) atoms. The molecule has 1 saturated heterocycles. The van der Waals surface area contributed by atoms with Gasteiger partial charge in [0, 0.05) is 39.0 Å². The van der Waals surface area contributed by atoms with E-state index in [1.807, 2.05) is 4.57 Å². The van der Waals surface area contributed by atoms with Crippen LogP contribution in [0.4, 0.5) is 0 Å². The van der Waals surface area contributed by atoms with Gasteiger partial charge in [-0.3, -0.25) is 4.90 Å². The van der Waals surface area contributed by atoms with Gasteiger partial charge in [-0.25, -0.2) is 13.4 Å². The first-order valence-corrected chi connectivity index (χ1v) is 11.8. The second-order valence-corrected chi connectivity index (χ2v) is 10.3. The maximum absolute atomic E-state index is 12.1. The summed E-state index contributed by atoms with van der Waals surface area (Å²) in [6.07, 6.45) is 9.53. The van der Waals surface area contributed by atoms with Crippen LogP contribution < -0.4 is 0 Å². The van der Waals surface area contributed by atoms with Gasteiger partial charge in [0.1, 0.15) is 0 Å². The molecule has 1 aliphatic carbocycles. The Morgan fingerprint density at radius 2 is 2.04 bits per heavy atom. The van der Waals surface area contributed by atoms with Crippen molar-refractivity contribution in [1.82, 2.24) is 14.5 Å². The molecule has 1 aromatic heterocycles. The molecular weight excluding hydrogens is 350 g/mol. The minimum absolute atomic E-state index is 0.196. The Kier molecular flexibility index (Phi) is 6.41. The number of rotatable bonds is 9. The predicted octanol–water partition coefficient (Wildman–Crippen LogP) is 2.72. The van der Waals surface area contributed by atoms with Crippen LogP contribution in [-0.4, -0.2) is 54.9 Å². The van der Waals surface area contributed by atoms with Crippen molar-refractivity contribution in [3.8, 4) is 0 Å². The molecule has 1 aliphatic heterocycles. The maximum Gasteiger partial charge on any atom is 0.227 e. The SMILES string of the molecule is CC(C)Cn1c(CN(CC2CCC2)CC2CCCO2)cnc1S(C)(=O)=O. The Labute approximate surface area is 157 Å². The highest BCUT2D eigenvalue weighted by Gasteiger charge is 2.27. The average Bonchev–Trinajstić information content (AvgIpc) is 3.12. The highest BCUT2D eigenvalue weighted by atomic mass is 32.2. The average molecular weight is 384 g/mol. The predicted molar refractivity (Wildman–Crippen MR) is 102 cm³/mol. The van der Waals surface area contributed by atoms with Crippen molar-refractivity contribution in [1.29, 1.82) is 0 Å². The maximum atomic E-state index is 12.1. The smallest absolute Gasteiger partial charge is 0.227 e. The van der Waals surface area contributed by atoms with Gasteiger partial charge < -0.3 is 9.30 Å². The molecular formula is C19H33N3O3S. The van der Waals surface area contributed by atoms with E-state index in [-0.39, 0.29) is 5.16 Å². The summed E-state index contributed by atoms with van der Waals surface area (Å²) in [7, 11) is -3.32. The lowest BCUT2D eigenvalue weighted by atomic mass is 9.85. The number of ether oxygens (including phenoxy) is 1. The van der Waals surface area contributed by atoms with Gasteiger partial charge in [-0.1, -0.05) is 20.3 Å². The summed E-state index contributed by atoms with van der Waals surface area (Å²) >= 11 is 0. The minimum Gasteiger partial charge on any atom is -0.377 e. The molecule has 0 spiro atoms. The van der Waals surface area contributed by atoms with Crippen LogP contribution in [0.3, 0.4) is 0 Å². The van der Waals surface area contributed by atoms with Gasteiger partial charge in [0.2, 0.25) is 15.0 Å². The fourth-order valence-electron chi connectivity index (χ4n) is 3.92. The molecule has 3 rings (SSSR count). The first kappa shape index (κ1) is 19.8. The summed E-state index contributed by atoms with van der Waals surface area (Å²) < 4.78 is 32.0. The molecule has 1 unspecified atom stereocenters. The molecule has 0 aromatic carbocycles. The van der Waals surface area contributed by atoms with E-state index in [1.165, 1.54) is 25.5 Å². The molecule has 2 heterocycles. The summed E-state index contributed by atoms with van der Waals surface area (Å²) in [5.74, 6) is 1.13. The van der Waals surface area contributed by atoms with E-state index in [4.69, 9.17) is 4.74 Å². The second kappa shape index (κ2) is 8.40. The van der Waals surface area contributed by atoms with Crippen LogP contribution in [0, 0.1) is 11.8 Å². The lowest BCUT2D eigenvalue weighted by Crippen LogP contribution is -2.38. The standard InChI is InChI=1S/C19H33N3O3S/c1-15(2)11-22-17(10-20-19(22)26(3,23)24)13-21(12-16-6-4-7-16)14-18-8-5-9-25-18/h10,15-16,18H,4-9,11-14H2,1-3H3. The highest BCUT2D eigenvalue weighted by Crippen LogP contribution is 2.28. The van der Waals surface area contributed by atoms with E-state index in [0.717, 1.165) is 50.7 Å². The monoisotopic (exact) mass is 383 g/mol. The summed E-state index contributed by atoms with van der Waals surface area (Å²) in [6, 6.07) is 0. The van der Waals surface area contributed by atoms with Crippen molar-refractivity contribution in [2.24, 2.45) is 11.8 Å². The molecule has 2 fully saturated rings. The van der Waals surface area contributed by atoms with Gasteiger partial charge in [-0.15, -0.1) is 0 Å². The van der Waals surface area contributed by atoms with Gasteiger partial charge >= 0.3 is 0 Å². The Morgan fingerprint density at radius 1 is 1.27 bits per heavy atom. The number of sulfone groups is 1. The number of aromatic nitrogens is 2. The molecule has 0 amide bonds. The number of nitrogens with zero attached hydrogens (tertiary/aromatic N) is 3. The van der Waals surface area contributed by atoms with E-state index in [9.17, 15) is 8.42 Å². The molecule has 148 valence electrons. The molecule has 0 radical (unpaired) electrons. The number of hydrogen-bond acceptors (Lipinski definition) is 5. The molecule has 0 N–H and O–H groups in total. The van der Waals surface area contributed by atoms with E-state index in [2.05, 4.69) is 23.7 Å². The first-order valence-electron chi connectivity index (χ1n) is 9.91. The Balaban J connectivity index is 1.78. The summed E-state index contributed by atoms with van der Waals surface area (Å²) in [5, 5.41) is 0.196. The third-order valence-electron chi connectivity index (χ3n) is 5.39. The Morgan fingerprint density at radius 3 is 2.58 bits per heavy atom. The number of hydrogen-bond donors (Lipinski definition) is 0. The summed E-state index contributed by atoms with van der Waals surface area (Å²) in [6.45, 7) is 8.49. The van der Waals surface area contributed by atoms with Crippen LogP contribution in [0.15, 0.2) is 11.4 Å².